The molecular formula is C9H19NO. The molecule has 0 aliphatic rings. The van der Waals surface area contributed by atoms with Crippen molar-refractivity contribution in [2.24, 2.45) is 5.92 Å². The lowest BCUT2D eigenvalue weighted by atomic mass is 10.1. The van der Waals surface area contributed by atoms with Crippen LogP contribution in [0.2, 0.25) is 0 Å². The summed E-state index contributed by atoms with van der Waals surface area (Å²) in [6.07, 6.45) is 4.11. The third-order valence-electron chi connectivity index (χ3n) is 1.71. The summed E-state index contributed by atoms with van der Waals surface area (Å²) >= 11 is 0. The smallest absolute Gasteiger partial charge is 0.219 e. The average Bonchev–Trinajstić information content (AvgIpc) is 1.97. The first-order valence-electron chi connectivity index (χ1n) is 4.37. The molecule has 0 radical (unpaired) electrons. The number of amides is 1. The van der Waals surface area contributed by atoms with E-state index < -0.39 is 0 Å². The van der Waals surface area contributed by atoms with Crippen LogP contribution in [0.1, 0.15) is 39.5 Å². The minimum atomic E-state index is 0.161. The molecule has 0 saturated heterocycles. The molecule has 0 spiro atoms. The maximum Gasteiger partial charge on any atom is 0.219 e. The molecule has 0 aromatic heterocycles. The van der Waals surface area contributed by atoms with Gasteiger partial charge in [0, 0.05) is 13.5 Å². The van der Waals surface area contributed by atoms with Crippen LogP contribution in [0, 0.1) is 5.92 Å². The zero-order valence-corrected chi connectivity index (χ0v) is 7.81. The molecule has 0 aliphatic heterocycles. The molecule has 0 aromatic carbocycles. The van der Waals surface area contributed by atoms with E-state index in [-0.39, 0.29) is 5.91 Å². The summed E-state index contributed by atoms with van der Waals surface area (Å²) in [6, 6.07) is 0. The summed E-state index contributed by atoms with van der Waals surface area (Å²) < 4.78 is 0. The molecule has 0 aromatic rings. The summed E-state index contributed by atoms with van der Waals surface area (Å²) in [5.41, 5.74) is 0. The van der Waals surface area contributed by atoms with Gasteiger partial charge in [0.25, 0.3) is 0 Å². The Kier molecular flexibility index (Phi) is 5.90. The Morgan fingerprint density at radius 3 is 2.45 bits per heavy atom. The maximum absolute atomic E-state index is 10.7. The van der Waals surface area contributed by atoms with Gasteiger partial charge in [0.05, 0.1) is 0 Å². The molecule has 0 atom stereocenters. The third kappa shape index (κ3) is 7.37. The lowest BCUT2D eigenvalue weighted by Gasteiger charge is -2.02. The molecule has 2 heteroatoms. The maximum atomic E-state index is 10.7. The molecule has 11 heavy (non-hydrogen) atoms. The van der Waals surface area contributed by atoms with Gasteiger partial charge in [-0.3, -0.25) is 4.79 Å². The predicted octanol–water partition coefficient (Wildman–Crippen LogP) is 1.95. The minimum absolute atomic E-state index is 0.161. The van der Waals surface area contributed by atoms with Crippen molar-refractivity contribution in [3.05, 3.63) is 0 Å². The van der Waals surface area contributed by atoms with Gasteiger partial charge >= 0.3 is 0 Å². The second-order valence-corrected chi connectivity index (χ2v) is 3.31. The van der Waals surface area contributed by atoms with Crippen LogP contribution in [0.25, 0.3) is 0 Å². The van der Waals surface area contributed by atoms with Crippen molar-refractivity contribution >= 4 is 5.91 Å². The molecule has 1 N–H and O–H groups in total. The number of unbranched alkanes of at least 4 members (excludes halogenated alkanes) is 1. The first-order chi connectivity index (χ1) is 5.16. The number of carbonyl (C=O) groups is 1. The first-order valence-corrected chi connectivity index (χ1v) is 4.37. The first kappa shape index (κ1) is 10.5. The van der Waals surface area contributed by atoms with Gasteiger partial charge in [-0.05, 0) is 12.3 Å². The Morgan fingerprint density at radius 2 is 2.00 bits per heavy atom. The van der Waals surface area contributed by atoms with E-state index >= 15 is 0 Å². The van der Waals surface area contributed by atoms with Gasteiger partial charge in [0.15, 0.2) is 0 Å². The summed E-state index contributed by atoms with van der Waals surface area (Å²) in [7, 11) is 1.69. The van der Waals surface area contributed by atoms with Gasteiger partial charge < -0.3 is 5.32 Å². The topological polar surface area (TPSA) is 29.1 Å². The fourth-order valence-corrected chi connectivity index (χ4v) is 0.963. The molecule has 0 bridgehead atoms. The molecule has 0 fully saturated rings. The van der Waals surface area contributed by atoms with E-state index in [1.807, 2.05) is 0 Å². The van der Waals surface area contributed by atoms with Crippen LogP contribution in [0.4, 0.5) is 0 Å². The van der Waals surface area contributed by atoms with Crippen molar-refractivity contribution < 1.29 is 4.79 Å². The van der Waals surface area contributed by atoms with Gasteiger partial charge in [-0.25, -0.2) is 0 Å². The zero-order valence-electron chi connectivity index (χ0n) is 7.81. The molecule has 0 heterocycles. The van der Waals surface area contributed by atoms with E-state index in [2.05, 4.69) is 19.2 Å². The zero-order chi connectivity index (χ0) is 8.69. The van der Waals surface area contributed by atoms with Crippen LogP contribution in [0.5, 0.6) is 0 Å². The van der Waals surface area contributed by atoms with Crippen LogP contribution in [0.15, 0.2) is 0 Å². The number of nitrogens with one attached hydrogen (secondary N) is 1. The standard InChI is InChI=1S/C9H19NO/c1-8(2)6-4-5-7-9(11)10-3/h8H,4-7H2,1-3H3,(H,10,11). The Labute approximate surface area is 69.4 Å². The monoisotopic (exact) mass is 157 g/mol. The van der Waals surface area contributed by atoms with E-state index in [9.17, 15) is 4.79 Å². The van der Waals surface area contributed by atoms with Gasteiger partial charge in [-0.15, -0.1) is 0 Å². The van der Waals surface area contributed by atoms with E-state index in [0.717, 1.165) is 12.3 Å². The second-order valence-electron chi connectivity index (χ2n) is 3.31. The minimum Gasteiger partial charge on any atom is -0.359 e. The lowest BCUT2D eigenvalue weighted by Crippen LogP contribution is -2.16. The van der Waals surface area contributed by atoms with Crippen LogP contribution < -0.4 is 5.32 Å². The Balaban J connectivity index is 3.08. The highest BCUT2D eigenvalue weighted by Gasteiger charge is 1.98. The fraction of sp³-hybridized carbons (Fsp3) is 0.889. The van der Waals surface area contributed by atoms with Crippen molar-refractivity contribution in [1.82, 2.24) is 5.32 Å². The van der Waals surface area contributed by atoms with Gasteiger partial charge in [-0.1, -0.05) is 26.7 Å². The molecule has 1 amide bonds. The summed E-state index contributed by atoms with van der Waals surface area (Å²) in [5.74, 6) is 0.924. The van der Waals surface area contributed by atoms with Crippen molar-refractivity contribution in [2.45, 2.75) is 39.5 Å². The molecule has 66 valence electrons. The van der Waals surface area contributed by atoms with Crippen LogP contribution in [-0.2, 0) is 4.79 Å². The van der Waals surface area contributed by atoms with E-state index in [1.165, 1.54) is 12.8 Å². The number of carbonyl (C=O) groups excluding carboxylic acids is 1. The van der Waals surface area contributed by atoms with Crippen molar-refractivity contribution in [1.29, 1.82) is 0 Å². The van der Waals surface area contributed by atoms with Crippen molar-refractivity contribution in [2.75, 3.05) is 7.05 Å². The van der Waals surface area contributed by atoms with Crippen molar-refractivity contribution in [3.8, 4) is 0 Å². The Morgan fingerprint density at radius 1 is 1.36 bits per heavy atom. The summed E-state index contributed by atoms with van der Waals surface area (Å²) in [4.78, 5) is 10.7. The largest absolute Gasteiger partial charge is 0.359 e. The van der Waals surface area contributed by atoms with Gasteiger partial charge in [0.2, 0.25) is 5.91 Å². The van der Waals surface area contributed by atoms with E-state index in [4.69, 9.17) is 0 Å². The third-order valence-corrected chi connectivity index (χ3v) is 1.71. The summed E-state index contributed by atoms with van der Waals surface area (Å²) in [5, 5.41) is 2.61. The van der Waals surface area contributed by atoms with Crippen LogP contribution in [-0.4, -0.2) is 13.0 Å². The number of rotatable bonds is 5. The Bertz CT molecular complexity index is 110. The number of hydrogen-bond acceptors (Lipinski definition) is 1. The molecule has 0 unspecified atom stereocenters. The highest BCUT2D eigenvalue weighted by Crippen LogP contribution is 2.07. The van der Waals surface area contributed by atoms with Crippen molar-refractivity contribution in [3.63, 3.8) is 0 Å². The molecule has 0 rings (SSSR count). The van der Waals surface area contributed by atoms with Gasteiger partial charge in [0.1, 0.15) is 0 Å². The van der Waals surface area contributed by atoms with E-state index in [1.54, 1.807) is 7.05 Å². The van der Waals surface area contributed by atoms with Crippen LogP contribution in [0.3, 0.4) is 0 Å². The molecule has 0 saturated carbocycles. The number of hydrogen-bond donors (Lipinski definition) is 1. The quantitative estimate of drug-likeness (QED) is 0.607. The molecule has 2 nitrogen and oxygen atoms in total. The molecular weight excluding hydrogens is 138 g/mol. The lowest BCUT2D eigenvalue weighted by molar-refractivity contribution is -0.120. The summed E-state index contributed by atoms with van der Waals surface area (Å²) in [6.45, 7) is 4.42. The predicted molar refractivity (Wildman–Crippen MR) is 47.4 cm³/mol. The SMILES string of the molecule is CNC(=O)CCCCC(C)C. The molecule has 0 aliphatic carbocycles. The highest BCUT2D eigenvalue weighted by molar-refractivity contribution is 5.75. The Hall–Kier alpha value is -0.530. The average molecular weight is 157 g/mol. The normalized spacial score (nSPS) is 10.2. The highest BCUT2D eigenvalue weighted by atomic mass is 16.1. The van der Waals surface area contributed by atoms with Crippen LogP contribution >= 0.6 is 0 Å². The van der Waals surface area contributed by atoms with E-state index in [0.29, 0.717) is 6.42 Å². The second kappa shape index (κ2) is 6.20. The fourth-order valence-electron chi connectivity index (χ4n) is 0.963. The van der Waals surface area contributed by atoms with Gasteiger partial charge in [-0.2, -0.15) is 0 Å².